The highest BCUT2D eigenvalue weighted by atomic mass is 35.5. The molecule has 0 aliphatic carbocycles. The first-order valence-corrected chi connectivity index (χ1v) is 12.5. The number of nitrogens with zero attached hydrogens (tertiary/aromatic N) is 4. The van der Waals surface area contributed by atoms with Crippen LogP contribution in [-0.4, -0.2) is 91.2 Å². The predicted octanol–water partition coefficient (Wildman–Crippen LogP) is 4.17. The van der Waals surface area contributed by atoms with E-state index in [9.17, 15) is 35.9 Å². The van der Waals surface area contributed by atoms with Gasteiger partial charge in [0, 0.05) is 88.4 Å². The molecule has 0 N–H and O–H groups in total. The lowest BCUT2D eigenvalue weighted by molar-refractivity contribution is -0.284. The van der Waals surface area contributed by atoms with Crippen molar-refractivity contribution in [3.05, 3.63) is 28.8 Å². The molecule has 2 amide bonds. The van der Waals surface area contributed by atoms with Gasteiger partial charge in [-0.05, 0) is 24.1 Å². The zero-order valence-corrected chi connectivity index (χ0v) is 21.1. The van der Waals surface area contributed by atoms with Crippen LogP contribution >= 0.6 is 11.6 Å². The van der Waals surface area contributed by atoms with Gasteiger partial charge in [-0.2, -0.15) is 26.3 Å². The molecule has 3 saturated heterocycles. The number of piperazine rings is 1. The first-order valence-electron chi connectivity index (χ1n) is 12.1. The van der Waals surface area contributed by atoms with Crippen LogP contribution in [0, 0.1) is 11.3 Å². The molecular formula is C24H29ClF6N4O2. The molecule has 0 radical (unpaired) electrons. The summed E-state index contributed by atoms with van der Waals surface area (Å²) in [4.78, 5) is 31.0. The Hall–Kier alpha value is -2.21. The molecule has 1 aromatic carbocycles. The van der Waals surface area contributed by atoms with Gasteiger partial charge in [0.05, 0.1) is 0 Å². The summed E-state index contributed by atoms with van der Waals surface area (Å²) in [6.07, 6.45) is -11.7. The van der Waals surface area contributed by atoms with Gasteiger partial charge >= 0.3 is 12.4 Å². The van der Waals surface area contributed by atoms with Gasteiger partial charge in [-0.1, -0.05) is 17.7 Å². The van der Waals surface area contributed by atoms with Crippen molar-refractivity contribution in [3.63, 3.8) is 0 Å². The largest absolute Gasteiger partial charge is 0.400 e. The van der Waals surface area contributed by atoms with E-state index in [2.05, 4.69) is 4.90 Å². The zero-order chi connectivity index (χ0) is 27.2. The quantitative estimate of drug-likeness (QED) is 0.513. The minimum absolute atomic E-state index is 0.0535. The number of hydrogen-bond donors (Lipinski definition) is 0. The average Bonchev–Trinajstić information content (AvgIpc) is 3.22. The van der Waals surface area contributed by atoms with E-state index < -0.39 is 30.6 Å². The lowest BCUT2D eigenvalue weighted by Crippen LogP contribution is -2.59. The Morgan fingerprint density at radius 1 is 0.946 bits per heavy atom. The SMILES string of the molecule is CC(=O)N1CC2(CCN(c3cc(Cl)ccc3CN3CCN(C(=O)CC(C(F)(F)F)C(F)(F)F)CC3)C2)C1. The molecule has 3 aliphatic rings. The summed E-state index contributed by atoms with van der Waals surface area (Å²) in [5, 5.41) is 0.581. The number of carbonyl (C=O) groups excluding carboxylic acids is 2. The molecule has 13 heteroatoms. The van der Waals surface area contributed by atoms with Gasteiger partial charge in [-0.3, -0.25) is 14.5 Å². The molecule has 6 nitrogen and oxygen atoms in total. The van der Waals surface area contributed by atoms with Gasteiger partial charge in [0.2, 0.25) is 11.8 Å². The van der Waals surface area contributed by atoms with E-state index in [4.69, 9.17) is 11.6 Å². The molecule has 0 aromatic heterocycles. The van der Waals surface area contributed by atoms with E-state index in [0.717, 1.165) is 48.8 Å². The third-order valence-electron chi connectivity index (χ3n) is 7.61. The normalized spacial score (nSPS) is 20.6. The Balaban J connectivity index is 1.35. The molecular weight excluding hydrogens is 526 g/mol. The average molecular weight is 555 g/mol. The number of anilines is 1. The van der Waals surface area contributed by atoms with E-state index in [1.54, 1.807) is 13.0 Å². The number of benzene rings is 1. The lowest BCUT2D eigenvalue weighted by atomic mass is 9.79. The van der Waals surface area contributed by atoms with E-state index in [0.29, 0.717) is 24.7 Å². The van der Waals surface area contributed by atoms with Crippen LogP contribution in [0.1, 0.15) is 25.3 Å². The van der Waals surface area contributed by atoms with Gasteiger partial charge in [-0.15, -0.1) is 0 Å². The van der Waals surface area contributed by atoms with Crippen molar-refractivity contribution >= 4 is 29.1 Å². The monoisotopic (exact) mass is 554 g/mol. The summed E-state index contributed by atoms with van der Waals surface area (Å²) in [6.45, 7) is 5.91. The number of alkyl halides is 6. The number of amides is 2. The Bertz CT molecular complexity index is 1010. The van der Waals surface area contributed by atoms with Crippen LogP contribution in [0.15, 0.2) is 18.2 Å². The molecule has 3 fully saturated rings. The molecule has 4 rings (SSSR count). The van der Waals surface area contributed by atoms with Crippen molar-refractivity contribution in [2.75, 3.05) is 57.3 Å². The lowest BCUT2D eigenvalue weighted by Gasteiger charge is -2.47. The van der Waals surface area contributed by atoms with Gasteiger partial charge in [0.25, 0.3) is 0 Å². The highest BCUT2D eigenvalue weighted by Gasteiger charge is 2.57. The standard InChI is InChI=1S/C24H29ClF6N4O2/c1-16(36)35-14-22(15-35)4-5-34(13-22)19-10-18(25)3-2-17(19)12-32-6-8-33(9-7-32)21(37)11-20(23(26,27)28)24(29,30)31/h2-3,10,20H,4-9,11-15H2,1H3. The molecule has 0 atom stereocenters. The summed E-state index contributed by atoms with van der Waals surface area (Å²) in [6, 6.07) is 5.59. The minimum atomic E-state index is -5.53. The highest BCUT2D eigenvalue weighted by molar-refractivity contribution is 6.30. The number of rotatable bonds is 5. The Morgan fingerprint density at radius 3 is 2.14 bits per heavy atom. The Morgan fingerprint density at radius 2 is 1.57 bits per heavy atom. The summed E-state index contributed by atoms with van der Waals surface area (Å²) in [5.41, 5.74) is 2.04. The molecule has 206 valence electrons. The second kappa shape index (κ2) is 10.2. The van der Waals surface area contributed by atoms with Crippen LogP contribution in [0.2, 0.25) is 5.02 Å². The summed E-state index contributed by atoms with van der Waals surface area (Å²) in [7, 11) is 0. The molecule has 1 spiro atoms. The van der Waals surface area contributed by atoms with Crippen LogP contribution in [0.3, 0.4) is 0 Å². The van der Waals surface area contributed by atoms with Gasteiger partial charge in [0.1, 0.15) is 0 Å². The zero-order valence-electron chi connectivity index (χ0n) is 20.3. The van der Waals surface area contributed by atoms with Crippen molar-refractivity contribution in [2.24, 2.45) is 11.3 Å². The topological polar surface area (TPSA) is 47.1 Å². The molecule has 3 aliphatic heterocycles. The molecule has 3 heterocycles. The maximum absolute atomic E-state index is 12.8. The summed E-state index contributed by atoms with van der Waals surface area (Å²) >= 11 is 6.28. The molecule has 0 bridgehead atoms. The Labute approximate surface area is 216 Å². The van der Waals surface area contributed by atoms with Crippen molar-refractivity contribution in [1.29, 1.82) is 0 Å². The van der Waals surface area contributed by atoms with Crippen molar-refractivity contribution < 1.29 is 35.9 Å². The molecule has 0 unspecified atom stereocenters. The van der Waals surface area contributed by atoms with Gasteiger partial charge in [-0.25, -0.2) is 0 Å². The van der Waals surface area contributed by atoms with E-state index in [-0.39, 0.29) is 24.4 Å². The fraction of sp³-hybridized carbons (Fsp3) is 0.667. The summed E-state index contributed by atoms with van der Waals surface area (Å²) in [5.74, 6) is -4.74. The van der Waals surface area contributed by atoms with Crippen molar-refractivity contribution in [3.8, 4) is 0 Å². The molecule has 0 saturated carbocycles. The van der Waals surface area contributed by atoms with Gasteiger partial charge < -0.3 is 14.7 Å². The maximum Gasteiger partial charge on any atom is 0.400 e. The van der Waals surface area contributed by atoms with Crippen LogP contribution in [-0.2, 0) is 16.1 Å². The predicted molar refractivity (Wildman–Crippen MR) is 125 cm³/mol. The number of carbonyl (C=O) groups is 2. The van der Waals surface area contributed by atoms with Crippen molar-refractivity contribution in [2.45, 2.75) is 38.7 Å². The van der Waals surface area contributed by atoms with E-state index >= 15 is 0 Å². The summed E-state index contributed by atoms with van der Waals surface area (Å²) < 4.78 is 77.0. The Kier molecular flexibility index (Phi) is 7.64. The molecule has 1 aromatic rings. The fourth-order valence-electron chi connectivity index (χ4n) is 5.47. The van der Waals surface area contributed by atoms with E-state index in [1.807, 2.05) is 21.9 Å². The first-order chi connectivity index (χ1) is 17.2. The van der Waals surface area contributed by atoms with Crippen LogP contribution in [0.4, 0.5) is 32.0 Å². The highest BCUT2D eigenvalue weighted by Crippen LogP contribution is 2.43. The minimum Gasteiger partial charge on any atom is -0.371 e. The van der Waals surface area contributed by atoms with E-state index in [1.165, 1.54) is 0 Å². The third-order valence-corrected chi connectivity index (χ3v) is 7.85. The smallest absolute Gasteiger partial charge is 0.371 e. The van der Waals surface area contributed by atoms with Crippen LogP contribution < -0.4 is 4.90 Å². The molecule has 37 heavy (non-hydrogen) atoms. The fourth-order valence-corrected chi connectivity index (χ4v) is 5.63. The first kappa shape index (κ1) is 27.8. The van der Waals surface area contributed by atoms with Crippen LogP contribution in [0.5, 0.6) is 0 Å². The van der Waals surface area contributed by atoms with Gasteiger partial charge in [0.15, 0.2) is 5.92 Å². The second-order valence-corrected chi connectivity index (χ2v) is 10.8. The second-order valence-electron chi connectivity index (χ2n) is 10.3. The van der Waals surface area contributed by atoms with Crippen molar-refractivity contribution in [1.82, 2.24) is 14.7 Å². The maximum atomic E-state index is 12.8. The third kappa shape index (κ3) is 6.27. The number of likely N-dealkylation sites (tertiary alicyclic amines) is 1. The number of hydrogen-bond acceptors (Lipinski definition) is 4. The number of halogens is 7. The van der Waals surface area contributed by atoms with Crippen LogP contribution in [0.25, 0.3) is 0 Å².